The number of esters is 1. The largest absolute Gasteiger partial charge is 0.465 e. The Morgan fingerprint density at radius 2 is 2.38 bits per heavy atom. The quantitative estimate of drug-likeness (QED) is 0.607. The van der Waals surface area contributed by atoms with Gasteiger partial charge in [-0.15, -0.1) is 0 Å². The Balaban J connectivity index is 2.17. The van der Waals surface area contributed by atoms with Crippen molar-refractivity contribution < 1.29 is 9.53 Å². The van der Waals surface area contributed by atoms with Crippen molar-refractivity contribution in [3.05, 3.63) is 36.1 Å². The van der Waals surface area contributed by atoms with Crippen LogP contribution in [0.3, 0.4) is 0 Å². The fraction of sp³-hybridized carbons (Fsp3) is 0.308. The molecule has 2 aromatic rings. The van der Waals surface area contributed by atoms with Gasteiger partial charge in [0.2, 0.25) is 11.6 Å². The Morgan fingerprint density at radius 1 is 1.57 bits per heavy atom. The third-order valence-electron chi connectivity index (χ3n) is 2.57. The fourth-order valence-corrected chi connectivity index (χ4v) is 1.62. The summed E-state index contributed by atoms with van der Waals surface area (Å²) >= 11 is 0. The molecule has 0 bridgehead atoms. The average molecular weight is 286 g/mol. The van der Waals surface area contributed by atoms with Crippen LogP contribution in [0.2, 0.25) is 0 Å². The molecular weight excluding hydrogens is 272 g/mol. The van der Waals surface area contributed by atoms with Crippen molar-refractivity contribution in [3.8, 4) is 5.82 Å². The van der Waals surface area contributed by atoms with E-state index in [4.69, 9.17) is 11.3 Å². The molecule has 0 saturated carbocycles. The van der Waals surface area contributed by atoms with Gasteiger partial charge < -0.3 is 9.64 Å². The van der Waals surface area contributed by atoms with E-state index < -0.39 is 0 Å². The van der Waals surface area contributed by atoms with Crippen LogP contribution in [0.5, 0.6) is 0 Å². The Labute approximate surface area is 121 Å². The number of nitrogens with zero attached hydrogens (tertiary/aromatic N) is 6. The van der Waals surface area contributed by atoms with Crippen molar-refractivity contribution in [1.29, 1.82) is 0 Å². The Kier molecular flexibility index (Phi) is 4.46. The third-order valence-corrected chi connectivity index (χ3v) is 2.57. The number of carbonyl (C=O) groups is 1. The number of aromatic nitrogens is 4. The highest BCUT2D eigenvalue weighted by atomic mass is 16.5. The van der Waals surface area contributed by atoms with Crippen LogP contribution in [0, 0.1) is 6.57 Å². The molecule has 0 aromatic carbocycles. The average Bonchev–Trinajstić information content (AvgIpc) is 2.96. The van der Waals surface area contributed by atoms with Crippen molar-refractivity contribution in [1.82, 2.24) is 19.7 Å². The molecule has 0 amide bonds. The first-order valence-electron chi connectivity index (χ1n) is 6.26. The van der Waals surface area contributed by atoms with Gasteiger partial charge in [-0.2, -0.15) is 10.1 Å². The van der Waals surface area contributed by atoms with E-state index in [9.17, 15) is 4.79 Å². The van der Waals surface area contributed by atoms with Crippen LogP contribution in [-0.2, 0) is 9.53 Å². The summed E-state index contributed by atoms with van der Waals surface area (Å²) in [5, 5.41) is 4.05. The number of anilines is 1. The first kappa shape index (κ1) is 14.5. The van der Waals surface area contributed by atoms with E-state index in [0.717, 1.165) is 0 Å². The smallest absolute Gasteiger partial charge is 0.325 e. The minimum atomic E-state index is -0.344. The first-order chi connectivity index (χ1) is 10.1. The molecule has 0 aliphatic carbocycles. The predicted octanol–water partition coefficient (Wildman–Crippen LogP) is 1.21. The molecule has 2 aromatic heterocycles. The summed E-state index contributed by atoms with van der Waals surface area (Å²) in [5.74, 6) is 0.550. The number of carbonyl (C=O) groups excluding carboxylic acids is 1. The van der Waals surface area contributed by atoms with E-state index in [-0.39, 0.29) is 12.5 Å². The minimum absolute atomic E-state index is 0.0592. The standard InChI is InChI=1S/C13H14N6O2/c1-4-21-12(20)9-18(3)13-15-6-5-11(17-13)19-8-10(14-2)7-16-19/h5-8H,4,9H2,1,3H3. The summed E-state index contributed by atoms with van der Waals surface area (Å²) in [6.07, 6.45) is 4.60. The summed E-state index contributed by atoms with van der Waals surface area (Å²) in [5.41, 5.74) is 0.426. The number of ether oxygens (including phenoxy) is 1. The Bertz CT molecular complexity index is 675. The van der Waals surface area contributed by atoms with Crippen molar-refractivity contribution in [3.63, 3.8) is 0 Å². The second-order valence-corrected chi connectivity index (χ2v) is 4.13. The zero-order valence-electron chi connectivity index (χ0n) is 11.7. The van der Waals surface area contributed by atoms with E-state index in [1.807, 2.05) is 0 Å². The van der Waals surface area contributed by atoms with Gasteiger partial charge in [0.1, 0.15) is 6.54 Å². The highest BCUT2D eigenvalue weighted by Crippen LogP contribution is 2.14. The van der Waals surface area contributed by atoms with Crippen LogP contribution in [-0.4, -0.2) is 45.9 Å². The molecule has 0 N–H and O–H groups in total. The molecule has 0 aliphatic rings. The third kappa shape index (κ3) is 3.54. The summed E-state index contributed by atoms with van der Waals surface area (Å²) in [4.78, 5) is 24.7. The molecule has 2 rings (SSSR count). The van der Waals surface area contributed by atoms with Gasteiger partial charge in [0.05, 0.1) is 19.4 Å². The lowest BCUT2D eigenvalue weighted by molar-refractivity contribution is -0.141. The summed E-state index contributed by atoms with van der Waals surface area (Å²) < 4.78 is 6.36. The zero-order chi connectivity index (χ0) is 15.2. The molecule has 0 atom stereocenters. The van der Waals surface area contributed by atoms with Gasteiger partial charge in [0.15, 0.2) is 5.82 Å². The van der Waals surface area contributed by atoms with Gasteiger partial charge in [-0.05, 0) is 6.92 Å². The number of hydrogen-bond acceptors (Lipinski definition) is 6. The van der Waals surface area contributed by atoms with Gasteiger partial charge in [0, 0.05) is 25.5 Å². The van der Waals surface area contributed by atoms with Crippen molar-refractivity contribution in [2.45, 2.75) is 6.92 Å². The summed E-state index contributed by atoms with van der Waals surface area (Å²) in [6, 6.07) is 1.67. The number of rotatable bonds is 5. The molecule has 108 valence electrons. The SMILES string of the molecule is [C-]#[N+]c1cnn(-c2ccnc(N(C)CC(=O)OCC)n2)c1. The molecule has 2 heterocycles. The van der Waals surface area contributed by atoms with Gasteiger partial charge in [0.25, 0.3) is 0 Å². The molecule has 0 fully saturated rings. The Hall–Kier alpha value is -2.95. The normalized spacial score (nSPS) is 9.95. The molecule has 0 unspecified atom stereocenters. The van der Waals surface area contributed by atoms with E-state index in [1.165, 1.54) is 10.9 Å². The number of likely N-dealkylation sites (N-methyl/N-ethyl adjacent to an activating group) is 1. The maximum Gasteiger partial charge on any atom is 0.325 e. The molecule has 0 aliphatic heterocycles. The lowest BCUT2D eigenvalue weighted by Gasteiger charge is -2.16. The molecule has 0 saturated heterocycles. The number of hydrogen-bond donors (Lipinski definition) is 0. The maximum absolute atomic E-state index is 11.5. The molecule has 0 spiro atoms. The van der Waals surface area contributed by atoms with Gasteiger partial charge in [-0.1, -0.05) is 0 Å². The predicted molar refractivity (Wildman–Crippen MR) is 75.3 cm³/mol. The molecule has 8 nitrogen and oxygen atoms in total. The van der Waals surface area contributed by atoms with Crippen molar-refractivity contribution >= 4 is 17.6 Å². The van der Waals surface area contributed by atoms with Crippen molar-refractivity contribution in [2.75, 3.05) is 25.1 Å². The van der Waals surface area contributed by atoms with E-state index in [2.05, 4.69) is 19.9 Å². The van der Waals surface area contributed by atoms with Crippen LogP contribution in [0.4, 0.5) is 11.6 Å². The fourth-order valence-electron chi connectivity index (χ4n) is 1.62. The molecule has 8 heteroatoms. The monoisotopic (exact) mass is 286 g/mol. The minimum Gasteiger partial charge on any atom is -0.465 e. The highest BCUT2D eigenvalue weighted by Gasteiger charge is 2.12. The molecular formula is C13H14N6O2. The van der Waals surface area contributed by atoms with Gasteiger partial charge >= 0.3 is 5.97 Å². The first-order valence-corrected chi connectivity index (χ1v) is 6.26. The zero-order valence-corrected chi connectivity index (χ0v) is 11.7. The van der Waals surface area contributed by atoms with Crippen molar-refractivity contribution in [2.24, 2.45) is 0 Å². The van der Waals surface area contributed by atoms with E-state index in [0.29, 0.717) is 24.1 Å². The second kappa shape index (κ2) is 6.47. The topological polar surface area (TPSA) is 77.5 Å². The summed E-state index contributed by atoms with van der Waals surface area (Å²) in [7, 11) is 1.70. The second-order valence-electron chi connectivity index (χ2n) is 4.13. The van der Waals surface area contributed by atoms with E-state index in [1.54, 1.807) is 37.3 Å². The van der Waals surface area contributed by atoms with Gasteiger partial charge in [-0.25, -0.2) is 14.5 Å². The lowest BCUT2D eigenvalue weighted by atomic mass is 10.5. The molecule has 21 heavy (non-hydrogen) atoms. The van der Waals surface area contributed by atoms with Crippen LogP contribution >= 0.6 is 0 Å². The van der Waals surface area contributed by atoms with Crippen LogP contribution in [0.25, 0.3) is 10.7 Å². The highest BCUT2D eigenvalue weighted by molar-refractivity contribution is 5.74. The van der Waals surface area contributed by atoms with Crippen LogP contribution < -0.4 is 4.90 Å². The summed E-state index contributed by atoms with van der Waals surface area (Å²) in [6.45, 7) is 9.07. The van der Waals surface area contributed by atoms with Crippen LogP contribution in [0.15, 0.2) is 24.7 Å². The van der Waals surface area contributed by atoms with Gasteiger partial charge in [-0.3, -0.25) is 4.79 Å². The Morgan fingerprint density at radius 3 is 3.05 bits per heavy atom. The molecule has 0 radical (unpaired) electrons. The van der Waals surface area contributed by atoms with Crippen LogP contribution in [0.1, 0.15) is 6.92 Å². The lowest BCUT2D eigenvalue weighted by Crippen LogP contribution is -2.28. The maximum atomic E-state index is 11.5. The van der Waals surface area contributed by atoms with E-state index >= 15 is 0 Å².